The van der Waals surface area contributed by atoms with Gasteiger partial charge in [-0.15, -0.1) is 0 Å². The first-order valence-electron chi connectivity index (χ1n) is 6.96. The molecule has 0 saturated heterocycles. The molecule has 0 heterocycles. The van der Waals surface area contributed by atoms with Crippen LogP contribution in [0.15, 0.2) is 24.3 Å². The van der Waals surface area contributed by atoms with Crippen molar-refractivity contribution in [3.8, 4) is 0 Å². The van der Waals surface area contributed by atoms with Crippen LogP contribution < -0.4 is 4.90 Å². The maximum atomic E-state index is 10.7. The van der Waals surface area contributed by atoms with E-state index in [1.54, 1.807) is 0 Å². The van der Waals surface area contributed by atoms with Gasteiger partial charge in [-0.25, -0.2) is 0 Å². The molecule has 2 unspecified atom stereocenters. The lowest BCUT2D eigenvalue weighted by molar-refractivity contribution is -0.137. The first-order valence-corrected chi connectivity index (χ1v) is 6.96. The number of carbonyl (C=O) groups is 1. The summed E-state index contributed by atoms with van der Waals surface area (Å²) in [5.74, 6) is 0.00931. The van der Waals surface area contributed by atoms with Gasteiger partial charge in [0.1, 0.15) is 0 Å². The Hall–Kier alpha value is -1.51. The summed E-state index contributed by atoms with van der Waals surface area (Å²) < 4.78 is 0. The lowest BCUT2D eigenvalue weighted by Gasteiger charge is -2.23. The number of nitrogens with zero attached hydrogens (tertiary/aromatic N) is 1. The SMILES string of the molecule is CCC(C)c1ccc(N(C)CC(C)CC(=O)O)cc1. The van der Waals surface area contributed by atoms with Gasteiger partial charge in [-0.3, -0.25) is 4.79 Å². The number of benzene rings is 1. The summed E-state index contributed by atoms with van der Waals surface area (Å²) in [5, 5.41) is 8.77. The number of carboxylic acid groups (broad SMARTS) is 1. The molecule has 0 spiro atoms. The molecule has 0 fully saturated rings. The van der Waals surface area contributed by atoms with E-state index in [9.17, 15) is 4.79 Å². The average Bonchev–Trinajstić information content (AvgIpc) is 2.36. The number of rotatable bonds is 7. The molecular formula is C16H25NO2. The van der Waals surface area contributed by atoms with Crippen molar-refractivity contribution in [1.82, 2.24) is 0 Å². The fourth-order valence-corrected chi connectivity index (χ4v) is 2.23. The van der Waals surface area contributed by atoms with Crippen LogP contribution in [0.3, 0.4) is 0 Å². The van der Waals surface area contributed by atoms with Crippen LogP contribution in [0.1, 0.15) is 45.1 Å². The summed E-state index contributed by atoms with van der Waals surface area (Å²) in [5.41, 5.74) is 2.50. The fourth-order valence-electron chi connectivity index (χ4n) is 2.23. The van der Waals surface area contributed by atoms with Crippen molar-refractivity contribution in [2.45, 2.75) is 39.5 Å². The van der Waals surface area contributed by atoms with Crippen LogP contribution in [0.25, 0.3) is 0 Å². The van der Waals surface area contributed by atoms with Gasteiger partial charge < -0.3 is 10.0 Å². The largest absolute Gasteiger partial charge is 0.481 e. The molecule has 1 N–H and O–H groups in total. The normalized spacial score (nSPS) is 13.9. The Kier molecular flexibility index (Phi) is 5.87. The van der Waals surface area contributed by atoms with Crippen molar-refractivity contribution < 1.29 is 9.90 Å². The van der Waals surface area contributed by atoms with Crippen LogP contribution in [0, 0.1) is 5.92 Å². The highest BCUT2D eigenvalue weighted by atomic mass is 16.4. The second-order valence-corrected chi connectivity index (χ2v) is 5.48. The minimum atomic E-state index is -0.729. The van der Waals surface area contributed by atoms with Crippen LogP contribution in [-0.2, 0) is 4.79 Å². The van der Waals surface area contributed by atoms with Crippen LogP contribution in [0.4, 0.5) is 5.69 Å². The van der Waals surface area contributed by atoms with Gasteiger partial charge in [0, 0.05) is 25.7 Å². The van der Waals surface area contributed by atoms with Gasteiger partial charge in [0.05, 0.1) is 0 Å². The molecule has 0 saturated carbocycles. The molecule has 3 nitrogen and oxygen atoms in total. The van der Waals surface area contributed by atoms with Gasteiger partial charge >= 0.3 is 5.97 Å². The van der Waals surface area contributed by atoms with E-state index in [-0.39, 0.29) is 12.3 Å². The van der Waals surface area contributed by atoms with E-state index in [1.807, 2.05) is 14.0 Å². The van der Waals surface area contributed by atoms with Crippen molar-refractivity contribution in [2.75, 3.05) is 18.5 Å². The first-order chi connectivity index (χ1) is 8.93. The third-order valence-corrected chi connectivity index (χ3v) is 3.62. The van der Waals surface area contributed by atoms with E-state index >= 15 is 0 Å². The van der Waals surface area contributed by atoms with Gasteiger partial charge in [-0.1, -0.05) is 32.9 Å². The highest BCUT2D eigenvalue weighted by Crippen LogP contribution is 2.22. The molecule has 0 aromatic heterocycles. The third kappa shape index (κ3) is 4.93. The third-order valence-electron chi connectivity index (χ3n) is 3.62. The van der Waals surface area contributed by atoms with E-state index in [0.29, 0.717) is 5.92 Å². The molecule has 0 bridgehead atoms. The smallest absolute Gasteiger partial charge is 0.303 e. The Bertz CT molecular complexity index is 400. The maximum Gasteiger partial charge on any atom is 0.303 e. The molecular weight excluding hydrogens is 238 g/mol. The van der Waals surface area contributed by atoms with E-state index in [2.05, 4.69) is 43.0 Å². The zero-order valence-corrected chi connectivity index (χ0v) is 12.4. The molecule has 106 valence electrons. The molecule has 2 atom stereocenters. The Morgan fingerprint density at radius 1 is 1.26 bits per heavy atom. The van der Waals surface area contributed by atoms with Crippen LogP contribution >= 0.6 is 0 Å². The molecule has 0 amide bonds. The lowest BCUT2D eigenvalue weighted by Crippen LogP contribution is -2.25. The quantitative estimate of drug-likeness (QED) is 0.814. The molecule has 1 aromatic carbocycles. The molecule has 0 radical (unpaired) electrons. The van der Waals surface area contributed by atoms with Gasteiger partial charge in [0.25, 0.3) is 0 Å². The summed E-state index contributed by atoms with van der Waals surface area (Å²) in [6.45, 7) is 7.15. The molecule has 0 aliphatic carbocycles. The van der Waals surface area contributed by atoms with Crippen LogP contribution in [-0.4, -0.2) is 24.7 Å². The standard InChI is InChI=1S/C16H25NO2/c1-5-13(3)14-6-8-15(9-7-14)17(4)11-12(2)10-16(18)19/h6-9,12-13H,5,10-11H2,1-4H3,(H,18,19). The molecule has 0 aliphatic rings. The molecule has 1 aromatic rings. The topological polar surface area (TPSA) is 40.5 Å². The zero-order chi connectivity index (χ0) is 14.4. The summed E-state index contributed by atoms with van der Waals surface area (Å²) in [6.07, 6.45) is 1.36. The zero-order valence-electron chi connectivity index (χ0n) is 12.4. The van der Waals surface area contributed by atoms with Crippen molar-refractivity contribution in [3.05, 3.63) is 29.8 Å². The maximum absolute atomic E-state index is 10.7. The molecule has 0 aliphatic heterocycles. The second-order valence-electron chi connectivity index (χ2n) is 5.48. The minimum Gasteiger partial charge on any atom is -0.481 e. The van der Waals surface area contributed by atoms with Gasteiger partial charge in [-0.05, 0) is 36.0 Å². The van der Waals surface area contributed by atoms with E-state index in [0.717, 1.165) is 18.7 Å². The minimum absolute atomic E-state index is 0.150. The van der Waals surface area contributed by atoms with Gasteiger partial charge in [0.2, 0.25) is 0 Å². The Morgan fingerprint density at radius 2 is 1.84 bits per heavy atom. The van der Waals surface area contributed by atoms with E-state index < -0.39 is 5.97 Å². The van der Waals surface area contributed by atoms with Gasteiger partial charge in [-0.2, -0.15) is 0 Å². The average molecular weight is 263 g/mol. The van der Waals surface area contributed by atoms with Crippen molar-refractivity contribution in [3.63, 3.8) is 0 Å². The number of hydrogen-bond donors (Lipinski definition) is 1. The van der Waals surface area contributed by atoms with Crippen molar-refractivity contribution in [2.24, 2.45) is 5.92 Å². The Labute approximate surface area is 116 Å². The van der Waals surface area contributed by atoms with E-state index in [1.165, 1.54) is 5.56 Å². The van der Waals surface area contributed by atoms with Gasteiger partial charge in [0.15, 0.2) is 0 Å². The Morgan fingerprint density at radius 3 is 2.32 bits per heavy atom. The summed E-state index contributed by atoms with van der Waals surface area (Å²) in [7, 11) is 2.01. The highest BCUT2D eigenvalue weighted by molar-refractivity contribution is 5.67. The van der Waals surface area contributed by atoms with Crippen LogP contribution in [0.2, 0.25) is 0 Å². The number of carboxylic acids is 1. The number of hydrogen-bond acceptors (Lipinski definition) is 2. The monoisotopic (exact) mass is 263 g/mol. The second kappa shape index (κ2) is 7.17. The predicted molar refractivity (Wildman–Crippen MR) is 79.8 cm³/mol. The fraction of sp³-hybridized carbons (Fsp3) is 0.562. The molecule has 3 heteroatoms. The molecule has 19 heavy (non-hydrogen) atoms. The summed E-state index contributed by atoms with van der Waals surface area (Å²) >= 11 is 0. The van der Waals surface area contributed by atoms with E-state index in [4.69, 9.17) is 5.11 Å². The van der Waals surface area contributed by atoms with Crippen molar-refractivity contribution >= 4 is 11.7 Å². The number of aliphatic carboxylic acids is 1. The highest BCUT2D eigenvalue weighted by Gasteiger charge is 2.11. The Balaban J connectivity index is 2.62. The van der Waals surface area contributed by atoms with Crippen molar-refractivity contribution in [1.29, 1.82) is 0 Å². The molecule has 1 rings (SSSR count). The lowest BCUT2D eigenvalue weighted by atomic mass is 9.98. The predicted octanol–water partition coefficient (Wildman–Crippen LogP) is 3.75. The van der Waals surface area contributed by atoms with Crippen LogP contribution in [0.5, 0.6) is 0 Å². The summed E-state index contributed by atoms with van der Waals surface area (Å²) in [6, 6.07) is 8.58. The summed E-state index contributed by atoms with van der Waals surface area (Å²) in [4.78, 5) is 12.8. The first kappa shape index (κ1) is 15.5. The number of anilines is 1.